The number of aromatic nitrogens is 1. The van der Waals surface area contributed by atoms with Gasteiger partial charge in [0.25, 0.3) is 0 Å². The predicted molar refractivity (Wildman–Crippen MR) is 108 cm³/mol. The van der Waals surface area contributed by atoms with E-state index < -0.39 is 11.9 Å². The summed E-state index contributed by atoms with van der Waals surface area (Å²) in [6.07, 6.45) is 2.60. The molecule has 0 fully saturated rings. The Balaban J connectivity index is 0.000000321. The molecule has 0 atom stereocenters. The Morgan fingerprint density at radius 3 is 2.41 bits per heavy atom. The predicted octanol–water partition coefficient (Wildman–Crippen LogP) is 3.11. The molecule has 0 unspecified atom stereocenters. The Kier molecular flexibility index (Phi) is 8.82. The number of halogens is 2. The second kappa shape index (κ2) is 11.3. The number of carboxylic acids is 2. The van der Waals surface area contributed by atoms with Crippen LogP contribution in [0.2, 0.25) is 5.02 Å². The zero-order chi connectivity index (χ0) is 21.2. The van der Waals surface area contributed by atoms with Crippen molar-refractivity contribution in [1.82, 2.24) is 10.3 Å². The van der Waals surface area contributed by atoms with Crippen LogP contribution >= 0.6 is 11.6 Å². The van der Waals surface area contributed by atoms with E-state index in [9.17, 15) is 14.0 Å². The van der Waals surface area contributed by atoms with Gasteiger partial charge in [0.05, 0.1) is 42.0 Å². The number of nitrogens with zero attached hydrogens (tertiary/aromatic N) is 1. The molecular formula is C20H23ClFN3O4. The first-order chi connectivity index (χ1) is 13.9. The van der Waals surface area contributed by atoms with Gasteiger partial charge < -0.3 is 20.8 Å². The lowest BCUT2D eigenvalue weighted by Gasteiger charge is -2.16. The third kappa shape index (κ3) is 7.67. The molecule has 0 aliphatic carbocycles. The zero-order valence-corrected chi connectivity index (χ0v) is 16.5. The molecule has 0 bridgehead atoms. The van der Waals surface area contributed by atoms with Gasteiger partial charge in [0.1, 0.15) is 5.82 Å². The molecule has 29 heavy (non-hydrogen) atoms. The van der Waals surface area contributed by atoms with Gasteiger partial charge in [-0.25, -0.2) is 4.39 Å². The smallest absolute Gasteiger partial charge is 0.303 e. The Labute approximate surface area is 172 Å². The third-order valence-corrected chi connectivity index (χ3v) is 4.58. The number of fused-ring (bicyclic) bond motifs is 1. The maximum atomic E-state index is 12.9. The monoisotopic (exact) mass is 423 g/mol. The maximum Gasteiger partial charge on any atom is 0.303 e. The van der Waals surface area contributed by atoms with Crippen LogP contribution in [0.3, 0.4) is 0 Å². The second-order valence-electron chi connectivity index (χ2n) is 6.42. The first-order valence-electron chi connectivity index (χ1n) is 9.15. The van der Waals surface area contributed by atoms with Crippen molar-refractivity contribution >= 4 is 29.2 Å². The molecule has 1 aromatic carbocycles. The fourth-order valence-corrected chi connectivity index (χ4v) is 3.08. The average molecular weight is 424 g/mol. The van der Waals surface area contributed by atoms with E-state index >= 15 is 0 Å². The van der Waals surface area contributed by atoms with Crippen molar-refractivity contribution in [3.8, 4) is 0 Å². The number of benzene rings is 1. The SMILES string of the molecule is Fc1ccc(CNc2c(Cl)ccc3c2CCNCC3)nc1.O=C(O)CCC(=O)O. The Bertz CT molecular complexity index is 832. The van der Waals surface area contributed by atoms with E-state index in [-0.39, 0.29) is 18.7 Å². The van der Waals surface area contributed by atoms with Crippen molar-refractivity contribution in [2.45, 2.75) is 32.2 Å². The van der Waals surface area contributed by atoms with Gasteiger partial charge in [-0.05, 0) is 55.3 Å². The quantitative estimate of drug-likeness (QED) is 0.564. The molecule has 1 aliphatic rings. The molecule has 0 radical (unpaired) electrons. The molecule has 3 rings (SSSR count). The summed E-state index contributed by atoms with van der Waals surface area (Å²) in [4.78, 5) is 23.3. The van der Waals surface area contributed by atoms with Crippen molar-refractivity contribution in [3.63, 3.8) is 0 Å². The minimum Gasteiger partial charge on any atom is -0.481 e. The highest BCUT2D eigenvalue weighted by molar-refractivity contribution is 6.33. The molecule has 1 aliphatic heterocycles. The molecule has 0 saturated carbocycles. The van der Waals surface area contributed by atoms with Crippen LogP contribution in [-0.2, 0) is 29.0 Å². The van der Waals surface area contributed by atoms with Crippen LogP contribution in [0.1, 0.15) is 29.7 Å². The first-order valence-corrected chi connectivity index (χ1v) is 9.53. The van der Waals surface area contributed by atoms with Crippen molar-refractivity contribution in [2.24, 2.45) is 0 Å². The molecule has 0 amide bonds. The van der Waals surface area contributed by atoms with Crippen LogP contribution in [0.25, 0.3) is 0 Å². The topological polar surface area (TPSA) is 112 Å². The minimum atomic E-state index is -1.08. The zero-order valence-electron chi connectivity index (χ0n) is 15.8. The van der Waals surface area contributed by atoms with Gasteiger partial charge in [-0.15, -0.1) is 0 Å². The van der Waals surface area contributed by atoms with E-state index in [1.807, 2.05) is 6.07 Å². The van der Waals surface area contributed by atoms with E-state index in [4.69, 9.17) is 21.8 Å². The lowest BCUT2D eigenvalue weighted by Crippen LogP contribution is -2.16. The number of carbonyl (C=O) groups is 2. The second-order valence-corrected chi connectivity index (χ2v) is 6.83. The summed E-state index contributed by atoms with van der Waals surface area (Å²) >= 11 is 6.34. The van der Waals surface area contributed by atoms with E-state index in [1.165, 1.54) is 23.4 Å². The highest BCUT2D eigenvalue weighted by atomic mass is 35.5. The van der Waals surface area contributed by atoms with Gasteiger partial charge in [0.2, 0.25) is 0 Å². The summed E-state index contributed by atoms with van der Waals surface area (Å²) < 4.78 is 12.9. The van der Waals surface area contributed by atoms with E-state index in [1.54, 1.807) is 6.07 Å². The van der Waals surface area contributed by atoms with Gasteiger partial charge in [-0.1, -0.05) is 17.7 Å². The summed E-state index contributed by atoms with van der Waals surface area (Å²) in [5.74, 6) is -2.48. The summed E-state index contributed by atoms with van der Waals surface area (Å²) in [5.41, 5.74) is 4.37. The molecule has 1 aromatic heterocycles. The fraction of sp³-hybridized carbons (Fsp3) is 0.350. The molecule has 156 valence electrons. The maximum absolute atomic E-state index is 12.9. The molecule has 4 N–H and O–H groups in total. The van der Waals surface area contributed by atoms with Crippen LogP contribution in [0.15, 0.2) is 30.5 Å². The largest absolute Gasteiger partial charge is 0.481 e. The average Bonchev–Trinajstić information content (AvgIpc) is 2.93. The highest BCUT2D eigenvalue weighted by Gasteiger charge is 2.14. The first kappa shape index (κ1) is 22.6. The van der Waals surface area contributed by atoms with E-state index in [0.717, 1.165) is 42.3 Å². The summed E-state index contributed by atoms with van der Waals surface area (Å²) in [5, 5.41) is 23.3. The number of carboxylic acid groups (broad SMARTS) is 2. The summed E-state index contributed by atoms with van der Waals surface area (Å²) in [7, 11) is 0. The lowest BCUT2D eigenvalue weighted by atomic mass is 10.0. The Morgan fingerprint density at radius 1 is 1.10 bits per heavy atom. The highest BCUT2D eigenvalue weighted by Crippen LogP contribution is 2.31. The Morgan fingerprint density at radius 2 is 1.79 bits per heavy atom. The number of aliphatic carboxylic acids is 2. The van der Waals surface area contributed by atoms with Crippen LogP contribution in [-0.4, -0.2) is 40.2 Å². The van der Waals surface area contributed by atoms with Crippen molar-refractivity contribution < 1.29 is 24.2 Å². The number of nitrogens with one attached hydrogen (secondary N) is 2. The van der Waals surface area contributed by atoms with Gasteiger partial charge in [0.15, 0.2) is 0 Å². The minimum absolute atomic E-state index is 0.296. The number of rotatable bonds is 6. The number of hydrogen-bond donors (Lipinski definition) is 4. The molecule has 7 nitrogen and oxygen atoms in total. The van der Waals surface area contributed by atoms with Crippen LogP contribution in [0, 0.1) is 5.82 Å². The molecule has 0 spiro atoms. The normalized spacial score (nSPS) is 12.8. The number of anilines is 1. The molecule has 9 heteroatoms. The third-order valence-electron chi connectivity index (χ3n) is 4.27. The molecule has 0 saturated heterocycles. The molecular weight excluding hydrogens is 401 g/mol. The van der Waals surface area contributed by atoms with Gasteiger partial charge in [-0.3, -0.25) is 14.6 Å². The lowest BCUT2D eigenvalue weighted by molar-refractivity contribution is -0.143. The number of hydrogen-bond acceptors (Lipinski definition) is 5. The van der Waals surface area contributed by atoms with Crippen LogP contribution in [0.5, 0.6) is 0 Å². The van der Waals surface area contributed by atoms with E-state index in [0.29, 0.717) is 6.54 Å². The van der Waals surface area contributed by atoms with Gasteiger partial charge >= 0.3 is 11.9 Å². The molecule has 2 aromatic rings. The summed E-state index contributed by atoms with van der Waals surface area (Å²) in [6, 6.07) is 7.14. The van der Waals surface area contributed by atoms with Gasteiger partial charge in [0, 0.05) is 0 Å². The fourth-order valence-electron chi connectivity index (χ4n) is 2.84. The standard InChI is InChI=1S/C16H17ClFN3.C4H6O4/c17-15-4-1-11-5-7-19-8-6-14(11)16(15)21-10-13-3-2-12(18)9-20-13;5-3(6)1-2-4(7)8/h1-4,9,19,21H,5-8,10H2;1-2H2,(H,5,6)(H,7,8). The van der Waals surface area contributed by atoms with Crippen molar-refractivity contribution in [2.75, 3.05) is 18.4 Å². The van der Waals surface area contributed by atoms with Crippen LogP contribution < -0.4 is 10.6 Å². The van der Waals surface area contributed by atoms with Gasteiger partial charge in [-0.2, -0.15) is 0 Å². The van der Waals surface area contributed by atoms with Crippen molar-refractivity contribution in [3.05, 3.63) is 58.1 Å². The summed E-state index contributed by atoms with van der Waals surface area (Å²) in [6.45, 7) is 2.48. The van der Waals surface area contributed by atoms with E-state index in [2.05, 4.69) is 21.7 Å². The number of pyridine rings is 1. The van der Waals surface area contributed by atoms with Crippen molar-refractivity contribution in [1.29, 1.82) is 0 Å². The molecule has 2 heterocycles. The van der Waals surface area contributed by atoms with Crippen LogP contribution in [0.4, 0.5) is 10.1 Å². The Hall–Kier alpha value is -2.71.